The molecular formula is C11H16N4O. The third-order valence-electron chi connectivity index (χ3n) is 2.22. The van der Waals surface area contributed by atoms with Crippen molar-refractivity contribution in [2.45, 2.75) is 26.4 Å². The van der Waals surface area contributed by atoms with Gasteiger partial charge in [0.2, 0.25) is 0 Å². The molecule has 0 fully saturated rings. The molecule has 0 saturated carbocycles. The molecule has 0 atom stereocenters. The second-order valence-corrected chi connectivity index (χ2v) is 3.66. The van der Waals surface area contributed by atoms with Crippen LogP contribution in [0.3, 0.4) is 0 Å². The topological polar surface area (TPSA) is 55.9 Å². The summed E-state index contributed by atoms with van der Waals surface area (Å²) in [6.07, 6.45) is 4.72. The summed E-state index contributed by atoms with van der Waals surface area (Å²) in [6.45, 7) is 4.55. The van der Waals surface area contributed by atoms with Crippen molar-refractivity contribution in [3.05, 3.63) is 36.0 Å². The molecule has 0 spiro atoms. The van der Waals surface area contributed by atoms with Crippen LogP contribution in [0.4, 0.5) is 0 Å². The molecule has 1 N–H and O–H groups in total. The molecular weight excluding hydrogens is 204 g/mol. The number of rotatable bonds is 6. The number of nitrogens with one attached hydrogen (secondary N) is 1. The van der Waals surface area contributed by atoms with E-state index in [4.69, 9.17) is 4.42 Å². The Bertz CT molecular complexity index is 407. The van der Waals surface area contributed by atoms with Crippen LogP contribution in [0.25, 0.3) is 0 Å². The summed E-state index contributed by atoms with van der Waals surface area (Å²) in [5.74, 6) is 0.887. The predicted molar refractivity (Wildman–Crippen MR) is 59.8 cm³/mol. The van der Waals surface area contributed by atoms with Gasteiger partial charge in [0.05, 0.1) is 18.2 Å². The molecule has 5 nitrogen and oxygen atoms in total. The fourth-order valence-corrected chi connectivity index (χ4v) is 1.45. The van der Waals surface area contributed by atoms with Crippen molar-refractivity contribution in [1.29, 1.82) is 0 Å². The van der Waals surface area contributed by atoms with Crippen molar-refractivity contribution < 1.29 is 4.42 Å². The van der Waals surface area contributed by atoms with E-state index in [1.54, 1.807) is 10.9 Å². The van der Waals surface area contributed by atoms with Crippen LogP contribution in [0.1, 0.15) is 24.8 Å². The van der Waals surface area contributed by atoms with Crippen LogP contribution in [-0.4, -0.2) is 21.5 Å². The largest absolute Gasteiger partial charge is 0.467 e. The first-order chi connectivity index (χ1) is 7.88. The number of hydrogen-bond acceptors (Lipinski definition) is 4. The molecule has 2 rings (SSSR count). The minimum absolute atomic E-state index is 0.633. The number of hydrogen-bond donors (Lipinski definition) is 1. The third kappa shape index (κ3) is 2.93. The van der Waals surface area contributed by atoms with Crippen molar-refractivity contribution in [3.8, 4) is 0 Å². The summed E-state index contributed by atoms with van der Waals surface area (Å²) in [5, 5.41) is 11.4. The first-order valence-corrected chi connectivity index (χ1v) is 5.50. The van der Waals surface area contributed by atoms with Gasteiger partial charge in [0.25, 0.3) is 0 Å². The second kappa shape index (κ2) is 5.46. The Morgan fingerprint density at radius 2 is 2.44 bits per heavy atom. The summed E-state index contributed by atoms with van der Waals surface area (Å²) in [6, 6.07) is 3.80. The minimum atomic E-state index is 0.633. The average Bonchev–Trinajstić information content (AvgIpc) is 2.91. The number of aromatic nitrogens is 3. The normalized spacial score (nSPS) is 10.8. The predicted octanol–water partition coefficient (Wildman–Crippen LogP) is 1.42. The van der Waals surface area contributed by atoms with Gasteiger partial charge in [0.1, 0.15) is 12.3 Å². The zero-order valence-electron chi connectivity index (χ0n) is 9.39. The second-order valence-electron chi connectivity index (χ2n) is 3.66. The van der Waals surface area contributed by atoms with Gasteiger partial charge in [-0.3, -0.25) is 0 Å². The van der Waals surface area contributed by atoms with E-state index in [0.29, 0.717) is 6.54 Å². The van der Waals surface area contributed by atoms with Crippen LogP contribution in [0.2, 0.25) is 0 Å². The van der Waals surface area contributed by atoms with Gasteiger partial charge in [-0.05, 0) is 25.1 Å². The maximum absolute atomic E-state index is 5.24. The van der Waals surface area contributed by atoms with Gasteiger partial charge < -0.3 is 9.73 Å². The Kier molecular flexibility index (Phi) is 3.71. The maximum atomic E-state index is 5.24. The van der Waals surface area contributed by atoms with E-state index in [2.05, 4.69) is 22.6 Å². The highest BCUT2D eigenvalue weighted by Gasteiger charge is 2.02. The smallest absolute Gasteiger partial charge is 0.125 e. The quantitative estimate of drug-likeness (QED) is 0.748. The average molecular weight is 220 g/mol. The number of furan rings is 1. The standard InChI is InChI=1S/C11H16N4O/c1-2-5-12-7-10-8-15(14-13-10)9-11-4-3-6-16-11/h3-4,6,8,12H,2,5,7,9H2,1H3. The Balaban J connectivity index is 1.87. The lowest BCUT2D eigenvalue weighted by atomic mass is 10.4. The van der Waals surface area contributed by atoms with Gasteiger partial charge in [-0.1, -0.05) is 12.1 Å². The lowest BCUT2D eigenvalue weighted by molar-refractivity contribution is 0.475. The molecule has 0 saturated heterocycles. The van der Waals surface area contributed by atoms with Crippen molar-refractivity contribution in [1.82, 2.24) is 20.3 Å². The molecule has 2 heterocycles. The van der Waals surface area contributed by atoms with Crippen LogP contribution >= 0.6 is 0 Å². The van der Waals surface area contributed by atoms with Gasteiger partial charge in [0, 0.05) is 6.54 Å². The van der Waals surface area contributed by atoms with Crippen molar-refractivity contribution in [2.24, 2.45) is 0 Å². The molecule has 0 bridgehead atoms. The first-order valence-electron chi connectivity index (χ1n) is 5.50. The molecule has 0 radical (unpaired) electrons. The fraction of sp³-hybridized carbons (Fsp3) is 0.455. The highest BCUT2D eigenvalue weighted by atomic mass is 16.3. The van der Waals surface area contributed by atoms with Crippen molar-refractivity contribution in [3.63, 3.8) is 0 Å². The molecule has 16 heavy (non-hydrogen) atoms. The summed E-state index contributed by atoms with van der Waals surface area (Å²) in [7, 11) is 0. The molecule has 0 aromatic carbocycles. The molecule has 86 valence electrons. The molecule has 0 aliphatic carbocycles. The zero-order valence-corrected chi connectivity index (χ0v) is 9.39. The van der Waals surface area contributed by atoms with E-state index in [0.717, 1.165) is 31.0 Å². The van der Waals surface area contributed by atoms with Crippen LogP contribution in [0.15, 0.2) is 29.0 Å². The summed E-state index contributed by atoms with van der Waals surface area (Å²) in [5.41, 5.74) is 0.958. The Labute approximate surface area is 94.5 Å². The minimum Gasteiger partial charge on any atom is -0.467 e. The molecule has 5 heteroatoms. The van der Waals surface area contributed by atoms with E-state index < -0.39 is 0 Å². The van der Waals surface area contributed by atoms with Crippen molar-refractivity contribution in [2.75, 3.05) is 6.54 Å². The summed E-state index contributed by atoms with van der Waals surface area (Å²) >= 11 is 0. The summed E-state index contributed by atoms with van der Waals surface area (Å²) in [4.78, 5) is 0. The van der Waals surface area contributed by atoms with Crippen LogP contribution in [-0.2, 0) is 13.1 Å². The number of nitrogens with zero attached hydrogens (tertiary/aromatic N) is 3. The molecule has 2 aromatic rings. The first kappa shape index (κ1) is 10.9. The van der Waals surface area contributed by atoms with Crippen LogP contribution in [0, 0.1) is 0 Å². The Morgan fingerprint density at radius 1 is 1.50 bits per heavy atom. The van der Waals surface area contributed by atoms with E-state index >= 15 is 0 Å². The van der Waals surface area contributed by atoms with Crippen LogP contribution < -0.4 is 5.32 Å². The van der Waals surface area contributed by atoms with E-state index in [1.807, 2.05) is 18.3 Å². The van der Waals surface area contributed by atoms with Gasteiger partial charge in [-0.25, -0.2) is 4.68 Å². The lowest BCUT2D eigenvalue weighted by Crippen LogP contribution is -2.13. The summed E-state index contributed by atoms with van der Waals surface area (Å²) < 4.78 is 7.02. The lowest BCUT2D eigenvalue weighted by Gasteiger charge is -1.97. The van der Waals surface area contributed by atoms with Gasteiger partial charge in [-0.2, -0.15) is 0 Å². The molecule has 0 aliphatic rings. The van der Waals surface area contributed by atoms with Gasteiger partial charge in [-0.15, -0.1) is 5.10 Å². The molecule has 2 aromatic heterocycles. The molecule has 0 unspecified atom stereocenters. The highest BCUT2D eigenvalue weighted by molar-refractivity contribution is 5.00. The SMILES string of the molecule is CCCNCc1cn(Cc2ccco2)nn1. The van der Waals surface area contributed by atoms with Crippen LogP contribution in [0.5, 0.6) is 0 Å². The highest BCUT2D eigenvalue weighted by Crippen LogP contribution is 2.02. The molecule has 0 aliphatic heterocycles. The van der Waals surface area contributed by atoms with Gasteiger partial charge in [0.15, 0.2) is 0 Å². The Hall–Kier alpha value is -1.62. The van der Waals surface area contributed by atoms with E-state index in [9.17, 15) is 0 Å². The molecule has 0 amide bonds. The van der Waals surface area contributed by atoms with Crippen molar-refractivity contribution >= 4 is 0 Å². The van der Waals surface area contributed by atoms with Gasteiger partial charge >= 0.3 is 0 Å². The van der Waals surface area contributed by atoms with E-state index in [-0.39, 0.29) is 0 Å². The third-order valence-corrected chi connectivity index (χ3v) is 2.22. The van der Waals surface area contributed by atoms with E-state index in [1.165, 1.54) is 0 Å². The zero-order chi connectivity index (χ0) is 11.2. The maximum Gasteiger partial charge on any atom is 0.125 e. The fourth-order valence-electron chi connectivity index (χ4n) is 1.45. The monoisotopic (exact) mass is 220 g/mol. The Morgan fingerprint density at radius 3 is 3.19 bits per heavy atom.